The molecule has 2 heterocycles. The fraction of sp³-hybridized carbons (Fsp3) is 0.600. The molecule has 1 aromatic rings. The van der Waals surface area contributed by atoms with E-state index in [0.717, 1.165) is 6.42 Å². The van der Waals surface area contributed by atoms with Crippen molar-refractivity contribution in [3.8, 4) is 0 Å². The van der Waals surface area contributed by atoms with Gasteiger partial charge in [0.05, 0.1) is 0 Å². The highest BCUT2D eigenvalue weighted by Gasteiger charge is 2.36. The largest absolute Gasteiger partial charge is 0.348 e. The Bertz CT molecular complexity index is 671. The fourth-order valence-corrected chi connectivity index (χ4v) is 5.34. The van der Waals surface area contributed by atoms with Gasteiger partial charge in [-0.2, -0.15) is 4.31 Å². The SMILES string of the molecule is CC(C)CNC(=O)C(=O)NC[C@H]1CCCN1S(=O)(=O)c1cccs1. The first-order valence-corrected chi connectivity index (χ1v) is 10.3. The Balaban J connectivity index is 1.92. The topological polar surface area (TPSA) is 95.6 Å². The summed E-state index contributed by atoms with van der Waals surface area (Å²) in [7, 11) is -3.53. The third kappa shape index (κ3) is 4.55. The lowest BCUT2D eigenvalue weighted by Gasteiger charge is -2.23. The van der Waals surface area contributed by atoms with Gasteiger partial charge in [0.15, 0.2) is 0 Å². The number of rotatable bonds is 6. The smallest absolute Gasteiger partial charge is 0.309 e. The van der Waals surface area contributed by atoms with E-state index < -0.39 is 21.8 Å². The molecule has 0 spiro atoms. The predicted molar refractivity (Wildman–Crippen MR) is 92.1 cm³/mol. The zero-order valence-electron chi connectivity index (χ0n) is 13.8. The quantitative estimate of drug-likeness (QED) is 0.721. The van der Waals surface area contributed by atoms with E-state index in [1.54, 1.807) is 17.5 Å². The van der Waals surface area contributed by atoms with Crippen molar-refractivity contribution >= 4 is 33.2 Å². The lowest BCUT2D eigenvalue weighted by molar-refractivity contribution is -0.139. The Morgan fingerprint density at radius 3 is 2.67 bits per heavy atom. The highest BCUT2D eigenvalue weighted by Crippen LogP contribution is 2.28. The van der Waals surface area contributed by atoms with Gasteiger partial charge in [-0.05, 0) is 30.2 Å². The van der Waals surface area contributed by atoms with E-state index in [2.05, 4.69) is 10.6 Å². The second-order valence-electron chi connectivity index (χ2n) is 6.16. The van der Waals surface area contributed by atoms with Crippen LogP contribution in [0.3, 0.4) is 0 Å². The highest BCUT2D eigenvalue weighted by molar-refractivity contribution is 7.91. The number of hydrogen-bond acceptors (Lipinski definition) is 5. The second kappa shape index (κ2) is 8.09. The first-order valence-electron chi connectivity index (χ1n) is 7.93. The number of sulfonamides is 1. The van der Waals surface area contributed by atoms with Crippen LogP contribution in [0.4, 0.5) is 0 Å². The van der Waals surface area contributed by atoms with Crippen LogP contribution in [0.1, 0.15) is 26.7 Å². The van der Waals surface area contributed by atoms with Crippen LogP contribution >= 0.6 is 11.3 Å². The van der Waals surface area contributed by atoms with E-state index in [1.165, 1.54) is 15.6 Å². The van der Waals surface area contributed by atoms with E-state index in [4.69, 9.17) is 0 Å². The van der Waals surface area contributed by atoms with Crippen molar-refractivity contribution in [1.29, 1.82) is 0 Å². The Kier molecular flexibility index (Phi) is 6.36. The zero-order chi connectivity index (χ0) is 17.7. The van der Waals surface area contributed by atoms with E-state index in [1.807, 2.05) is 13.8 Å². The summed E-state index contributed by atoms with van der Waals surface area (Å²) in [6.45, 7) is 4.86. The molecule has 7 nitrogen and oxygen atoms in total. The van der Waals surface area contributed by atoms with Gasteiger partial charge in [-0.15, -0.1) is 11.3 Å². The molecule has 1 saturated heterocycles. The molecule has 0 bridgehead atoms. The Morgan fingerprint density at radius 1 is 1.33 bits per heavy atom. The van der Waals surface area contributed by atoms with Gasteiger partial charge in [0.25, 0.3) is 10.0 Å². The molecule has 9 heteroatoms. The molecule has 0 unspecified atom stereocenters. The molecule has 1 aliphatic rings. The van der Waals surface area contributed by atoms with Crippen molar-refractivity contribution < 1.29 is 18.0 Å². The van der Waals surface area contributed by atoms with Crippen LogP contribution in [0.2, 0.25) is 0 Å². The minimum atomic E-state index is -3.53. The molecule has 0 aliphatic carbocycles. The van der Waals surface area contributed by atoms with Gasteiger partial charge in [-0.3, -0.25) is 9.59 Å². The van der Waals surface area contributed by atoms with Crippen molar-refractivity contribution in [3.63, 3.8) is 0 Å². The number of carbonyl (C=O) groups excluding carboxylic acids is 2. The highest BCUT2D eigenvalue weighted by atomic mass is 32.2. The average Bonchev–Trinajstić information content (AvgIpc) is 3.21. The maximum absolute atomic E-state index is 12.6. The number of nitrogens with zero attached hydrogens (tertiary/aromatic N) is 1. The van der Waals surface area contributed by atoms with Gasteiger partial charge in [0.2, 0.25) is 0 Å². The van der Waals surface area contributed by atoms with Crippen molar-refractivity contribution in [2.24, 2.45) is 5.92 Å². The summed E-state index contributed by atoms with van der Waals surface area (Å²) in [6.07, 6.45) is 1.41. The number of nitrogens with one attached hydrogen (secondary N) is 2. The van der Waals surface area contributed by atoms with Crippen LogP contribution in [0.25, 0.3) is 0 Å². The first kappa shape index (κ1) is 18.9. The van der Waals surface area contributed by atoms with Crippen LogP contribution in [0, 0.1) is 5.92 Å². The minimum absolute atomic E-state index is 0.137. The average molecular weight is 374 g/mol. The molecular formula is C15H23N3O4S2. The van der Waals surface area contributed by atoms with E-state index in [0.29, 0.717) is 23.7 Å². The van der Waals surface area contributed by atoms with Gasteiger partial charge in [0, 0.05) is 25.7 Å². The van der Waals surface area contributed by atoms with E-state index >= 15 is 0 Å². The molecular weight excluding hydrogens is 350 g/mol. The monoisotopic (exact) mass is 373 g/mol. The molecule has 1 aromatic heterocycles. The molecule has 0 aromatic carbocycles. The number of amides is 2. The van der Waals surface area contributed by atoms with E-state index in [9.17, 15) is 18.0 Å². The molecule has 24 heavy (non-hydrogen) atoms. The first-order chi connectivity index (χ1) is 11.3. The van der Waals surface area contributed by atoms with Crippen LogP contribution in [-0.2, 0) is 19.6 Å². The van der Waals surface area contributed by atoms with Crippen molar-refractivity contribution in [1.82, 2.24) is 14.9 Å². The molecule has 2 N–H and O–H groups in total. The van der Waals surface area contributed by atoms with Crippen LogP contribution in [-0.4, -0.2) is 50.2 Å². The number of thiophene rings is 1. The van der Waals surface area contributed by atoms with E-state index in [-0.39, 0.29) is 18.5 Å². The third-order valence-corrected chi connectivity index (χ3v) is 7.08. The summed E-state index contributed by atoms with van der Waals surface area (Å²) in [5, 5.41) is 6.80. The lowest BCUT2D eigenvalue weighted by atomic mass is 10.2. The van der Waals surface area contributed by atoms with Crippen LogP contribution in [0.5, 0.6) is 0 Å². The molecule has 1 aliphatic heterocycles. The fourth-order valence-electron chi connectivity index (χ4n) is 2.52. The molecule has 1 fully saturated rings. The minimum Gasteiger partial charge on any atom is -0.348 e. The summed E-state index contributed by atoms with van der Waals surface area (Å²) in [5.74, 6) is -1.16. The maximum Gasteiger partial charge on any atom is 0.309 e. The lowest BCUT2D eigenvalue weighted by Crippen LogP contribution is -2.47. The summed E-state index contributed by atoms with van der Waals surface area (Å²) in [6, 6.07) is 2.95. The number of hydrogen-bond donors (Lipinski definition) is 2. The molecule has 2 amide bonds. The Morgan fingerprint density at radius 2 is 2.04 bits per heavy atom. The second-order valence-corrected chi connectivity index (χ2v) is 9.22. The van der Waals surface area contributed by atoms with Gasteiger partial charge in [-0.25, -0.2) is 8.42 Å². The molecule has 2 rings (SSSR count). The van der Waals surface area contributed by atoms with Crippen LogP contribution in [0.15, 0.2) is 21.7 Å². The van der Waals surface area contributed by atoms with Gasteiger partial charge < -0.3 is 10.6 Å². The Labute approximate surface area is 146 Å². The van der Waals surface area contributed by atoms with Gasteiger partial charge in [0.1, 0.15) is 4.21 Å². The summed E-state index contributed by atoms with van der Waals surface area (Å²) >= 11 is 1.18. The Hall–Kier alpha value is -1.45. The summed E-state index contributed by atoms with van der Waals surface area (Å²) < 4.78 is 26.9. The predicted octanol–water partition coefficient (Wildman–Crippen LogP) is 0.790. The normalized spacial score (nSPS) is 18.7. The molecule has 134 valence electrons. The van der Waals surface area contributed by atoms with Crippen molar-refractivity contribution in [2.45, 2.75) is 36.9 Å². The van der Waals surface area contributed by atoms with Gasteiger partial charge in [-0.1, -0.05) is 19.9 Å². The summed E-state index contributed by atoms with van der Waals surface area (Å²) in [4.78, 5) is 23.5. The third-order valence-electron chi connectivity index (χ3n) is 3.76. The summed E-state index contributed by atoms with van der Waals surface area (Å²) in [5.41, 5.74) is 0. The standard InChI is InChI=1S/C15H23N3O4S2/c1-11(2)9-16-14(19)15(20)17-10-12-5-3-7-18(12)24(21,22)13-6-4-8-23-13/h4,6,8,11-12H,3,5,7,9-10H2,1-2H3,(H,16,19)(H,17,20)/t12-/m1/s1. The van der Waals surface area contributed by atoms with Crippen molar-refractivity contribution in [3.05, 3.63) is 17.5 Å². The molecule has 0 radical (unpaired) electrons. The molecule has 1 atom stereocenters. The molecule has 0 saturated carbocycles. The van der Waals surface area contributed by atoms with Crippen molar-refractivity contribution in [2.75, 3.05) is 19.6 Å². The number of carbonyl (C=O) groups is 2. The van der Waals surface area contributed by atoms with Crippen LogP contribution < -0.4 is 10.6 Å². The zero-order valence-corrected chi connectivity index (χ0v) is 15.5. The maximum atomic E-state index is 12.6. The van der Waals surface area contributed by atoms with Gasteiger partial charge >= 0.3 is 11.8 Å².